The lowest BCUT2D eigenvalue weighted by Crippen LogP contribution is -2.53. The second kappa shape index (κ2) is 9.54. The number of benzene rings is 3. The summed E-state index contributed by atoms with van der Waals surface area (Å²) in [5.41, 5.74) is 7.31. The van der Waals surface area contributed by atoms with Gasteiger partial charge in [0.25, 0.3) is 5.91 Å². The van der Waals surface area contributed by atoms with Gasteiger partial charge in [0.1, 0.15) is 5.56 Å². The molecule has 3 aromatic carbocycles. The maximum atomic E-state index is 13.8. The van der Waals surface area contributed by atoms with Gasteiger partial charge in [-0.15, -0.1) is 0 Å². The van der Waals surface area contributed by atoms with E-state index in [0.29, 0.717) is 24.3 Å². The summed E-state index contributed by atoms with van der Waals surface area (Å²) in [6.45, 7) is 6.37. The van der Waals surface area contributed by atoms with Crippen LogP contribution in [0.4, 0.5) is 5.69 Å². The number of aryl methyl sites for hydroxylation is 1. The Morgan fingerprint density at radius 1 is 0.865 bits per heavy atom. The van der Waals surface area contributed by atoms with Gasteiger partial charge in [0.2, 0.25) is 0 Å². The molecule has 0 unspecified atom stereocenters. The molecule has 6 nitrogen and oxygen atoms in total. The Bertz CT molecular complexity index is 1560. The summed E-state index contributed by atoms with van der Waals surface area (Å²) in [5, 5.41) is 4.63. The zero-order valence-corrected chi connectivity index (χ0v) is 21.1. The first-order valence-electron chi connectivity index (χ1n) is 12.7. The Morgan fingerprint density at radius 3 is 2.30 bits per heavy atom. The highest BCUT2D eigenvalue weighted by molar-refractivity contribution is 6.00. The molecule has 3 heterocycles. The van der Waals surface area contributed by atoms with Crippen LogP contribution in [0.2, 0.25) is 0 Å². The zero-order chi connectivity index (χ0) is 25.4. The maximum absolute atomic E-state index is 13.8. The molecular formula is C31H29N5O. The van der Waals surface area contributed by atoms with Gasteiger partial charge in [-0.1, -0.05) is 72.8 Å². The minimum atomic E-state index is -0.0255. The molecule has 0 spiro atoms. The third kappa shape index (κ3) is 4.35. The molecule has 0 saturated carbocycles. The van der Waals surface area contributed by atoms with Gasteiger partial charge in [0.15, 0.2) is 5.65 Å². The van der Waals surface area contributed by atoms with Crippen molar-refractivity contribution in [1.82, 2.24) is 19.5 Å². The molecule has 0 bridgehead atoms. The Kier molecular flexibility index (Phi) is 5.93. The van der Waals surface area contributed by atoms with Crippen molar-refractivity contribution in [2.24, 2.45) is 0 Å². The van der Waals surface area contributed by atoms with E-state index in [1.165, 1.54) is 11.3 Å². The second-order valence-electron chi connectivity index (χ2n) is 9.68. The van der Waals surface area contributed by atoms with Crippen LogP contribution in [-0.2, 0) is 0 Å². The monoisotopic (exact) mass is 487 g/mol. The number of amides is 1. The molecule has 1 saturated heterocycles. The first kappa shape index (κ1) is 23.0. The minimum absolute atomic E-state index is 0.0255. The van der Waals surface area contributed by atoms with Crippen molar-refractivity contribution in [2.75, 3.05) is 24.5 Å². The SMILES string of the molecule is Cc1cccc(N2CCN(C(=O)c3cnn4c(-c5ccccc5)cc(-c5ccccc5)nc34)C[C@@H]2C)c1. The molecule has 1 aliphatic heterocycles. The van der Waals surface area contributed by atoms with Gasteiger partial charge in [0.05, 0.1) is 17.6 Å². The van der Waals surface area contributed by atoms with Gasteiger partial charge in [-0.2, -0.15) is 5.10 Å². The van der Waals surface area contributed by atoms with Crippen LogP contribution in [-0.4, -0.2) is 51.1 Å². The normalized spacial score (nSPS) is 15.8. The number of rotatable bonds is 4. The van der Waals surface area contributed by atoms with Crippen LogP contribution < -0.4 is 4.90 Å². The maximum Gasteiger partial charge on any atom is 0.259 e. The van der Waals surface area contributed by atoms with E-state index in [1.54, 1.807) is 10.7 Å². The van der Waals surface area contributed by atoms with Gasteiger partial charge in [0, 0.05) is 42.5 Å². The number of anilines is 1. The van der Waals surface area contributed by atoms with E-state index in [9.17, 15) is 4.79 Å². The fourth-order valence-electron chi connectivity index (χ4n) is 5.19. The third-order valence-electron chi connectivity index (χ3n) is 7.09. The quantitative estimate of drug-likeness (QED) is 0.325. The predicted molar refractivity (Wildman–Crippen MR) is 148 cm³/mol. The highest BCUT2D eigenvalue weighted by Crippen LogP contribution is 2.28. The lowest BCUT2D eigenvalue weighted by atomic mass is 10.1. The van der Waals surface area contributed by atoms with Crippen LogP contribution in [0, 0.1) is 6.92 Å². The lowest BCUT2D eigenvalue weighted by Gasteiger charge is -2.41. The molecule has 0 N–H and O–H groups in total. The smallest absolute Gasteiger partial charge is 0.259 e. The number of hydrogen-bond acceptors (Lipinski definition) is 4. The summed E-state index contributed by atoms with van der Waals surface area (Å²) in [6, 6.07) is 31.0. The largest absolute Gasteiger partial charge is 0.365 e. The summed E-state index contributed by atoms with van der Waals surface area (Å²) in [7, 11) is 0. The molecule has 1 fully saturated rings. The topological polar surface area (TPSA) is 53.7 Å². The molecule has 184 valence electrons. The second-order valence-corrected chi connectivity index (χ2v) is 9.68. The van der Waals surface area contributed by atoms with Crippen molar-refractivity contribution in [2.45, 2.75) is 19.9 Å². The molecule has 1 aliphatic rings. The fraction of sp³-hybridized carbons (Fsp3) is 0.194. The first-order chi connectivity index (χ1) is 18.1. The van der Waals surface area contributed by atoms with E-state index in [0.717, 1.165) is 29.1 Å². The molecule has 0 aliphatic carbocycles. The predicted octanol–water partition coefficient (Wildman–Crippen LogP) is 5.72. The van der Waals surface area contributed by atoms with Crippen molar-refractivity contribution < 1.29 is 4.79 Å². The van der Waals surface area contributed by atoms with E-state index in [4.69, 9.17) is 4.98 Å². The van der Waals surface area contributed by atoms with Crippen LogP contribution in [0.1, 0.15) is 22.8 Å². The van der Waals surface area contributed by atoms with Crippen LogP contribution in [0.25, 0.3) is 28.2 Å². The van der Waals surface area contributed by atoms with E-state index in [1.807, 2.05) is 59.5 Å². The molecule has 1 amide bonds. The number of hydrogen-bond donors (Lipinski definition) is 0. The molecular weight excluding hydrogens is 458 g/mol. The standard InChI is InChI=1S/C31H29N5O/c1-22-10-9-15-26(18-22)35-17-16-34(21-23(35)2)31(37)27-20-32-36-29(25-13-7-4-8-14-25)19-28(33-30(27)36)24-11-5-3-6-12-24/h3-15,18-20,23H,16-17,21H2,1-2H3/t23-/m0/s1. The molecule has 6 rings (SSSR count). The number of piperazine rings is 1. The lowest BCUT2D eigenvalue weighted by molar-refractivity contribution is 0.0728. The minimum Gasteiger partial charge on any atom is -0.365 e. The van der Waals surface area contributed by atoms with Crippen molar-refractivity contribution in [3.05, 3.63) is 108 Å². The average Bonchev–Trinajstić information content (AvgIpc) is 3.37. The third-order valence-corrected chi connectivity index (χ3v) is 7.09. The zero-order valence-electron chi connectivity index (χ0n) is 21.1. The Hall–Kier alpha value is -4.45. The number of aromatic nitrogens is 3. The van der Waals surface area contributed by atoms with Crippen LogP contribution >= 0.6 is 0 Å². The molecule has 1 atom stereocenters. The van der Waals surface area contributed by atoms with Gasteiger partial charge < -0.3 is 9.80 Å². The molecule has 37 heavy (non-hydrogen) atoms. The number of carbonyl (C=O) groups excluding carboxylic acids is 1. The Morgan fingerprint density at radius 2 is 1.59 bits per heavy atom. The van der Waals surface area contributed by atoms with Gasteiger partial charge in [-0.25, -0.2) is 9.50 Å². The van der Waals surface area contributed by atoms with Crippen LogP contribution in [0.15, 0.2) is 97.2 Å². The fourth-order valence-corrected chi connectivity index (χ4v) is 5.19. The van der Waals surface area contributed by atoms with Gasteiger partial charge in [-0.05, 0) is 37.6 Å². The van der Waals surface area contributed by atoms with E-state index >= 15 is 0 Å². The molecule has 0 radical (unpaired) electrons. The van der Waals surface area contributed by atoms with Gasteiger partial charge in [-0.3, -0.25) is 4.79 Å². The summed E-state index contributed by atoms with van der Waals surface area (Å²) in [6.07, 6.45) is 1.67. The van der Waals surface area contributed by atoms with Crippen molar-refractivity contribution in [1.29, 1.82) is 0 Å². The van der Waals surface area contributed by atoms with Crippen molar-refractivity contribution in [3.63, 3.8) is 0 Å². The summed E-state index contributed by atoms with van der Waals surface area (Å²) in [4.78, 5) is 23.1. The Labute approximate surface area is 216 Å². The molecule has 5 aromatic rings. The van der Waals surface area contributed by atoms with Crippen LogP contribution in [0.3, 0.4) is 0 Å². The summed E-state index contributed by atoms with van der Waals surface area (Å²) >= 11 is 0. The van der Waals surface area contributed by atoms with E-state index in [-0.39, 0.29) is 11.9 Å². The van der Waals surface area contributed by atoms with Gasteiger partial charge >= 0.3 is 0 Å². The van der Waals surface area contributed by atoms with Crippen molar-refractivity contribution in [3.8, 4) is 22.5 Å². The molecule has 6 heteroatoms. The summed E-state index contributed by atoms with van der Waals surface area (Å²) in [5.74, 6) is -0.0255. The number of fused-ring (bicyclic) bond motifs is 1. The van der Waals surface area contributed by atoms with Crippen LogP contribution in [0.5, 0.6) is 0 Å². The number of carbonyl (C=O) groups is 1. The summed E-state index contributed by atoms with van der Waals surface area (Å²) < 4.78 is 1.79. The van der Waals surface area contributed by atoms with E-state index in [2.05, 4.69) is 60.2 Å². The molecule has 2 aromatic heterocycles. The average molecular weight is 488 g/mol. The highest BCUT2D eigenvalue weighted by Gasteiger charge is 2.30. The van der Waals surface area contributed by atoms with Crippen molar-refractivity contribution >= 4 is 17.2 Å². The number of nitrogens with zero attached hydrogens (tertiary/aromatic N) is 5. The first-order valence-corrected chi connectivity index (χ1v) is 12.7. The highest BCUT2D eigenvalue weighted by atomic mass is 16.2. The Balaban J connectivity index is 1.36. The van der Waals surface area contributed by atoms with E-state index < -0.39 is 0 Å².